The Morgan fingerprint density at radius 2 is 1.94 bits per heavy atom. The van der Waals surface area contributed by atoms with E-state index in [2.05, 4.69) is 35.4 Å². The maximum absolute atomic E-state index is 3.96. The first kappa shape index (κ1) is 13.0. The van der Waals surface area contributed by atoms with Crippen molar-refractivity contribution in [3.05, 3.63) is 17.0 Å². The number of hydrogen-bond acceptors (Lipinski definition) is 3. The maximum atomic E-state index is 3.96. The van der Waals surface area contributed by atoms with Crippen molar-refractivity contribution in [1.29, 1.82) is 0 Å². The summed E-state index contributed by atoms with van der Waals surface area (Å²) < 4.78 is 1.56. The molecule has 1 aromatic rings. The Bertz CT molecular complexity index is 380. The lowest BCUT2D eigenvalue weighted by Crippen LogP contribution is -2.35. The summed E-state index contributed by atoms with van der Waals surface area (Å²) in [4.78, 5) is 0. The summed E-state index contributed by atoms with van der Waals surface area (Å²) in [5, 5.41) is 6.99. The SMILES string of the molecule is C[C@H]1CC(NC2CCCCCC2)c2ccsc2S1. The van der Waals surface area contributed by atoms with Crippen LogP contribution in [0.4, 0.5) is 0 Å². The summed E-state index contributed by atoms with van der Waals surface area (Å²) in [6, 6.07) is 3.72. The zero-order valence-corrected chi connectivity index (χ0v) is 12.8. The first-order chi connectivity index (χ1) is 8.83. The molecule has 2 aliphatic rings. The van der Waals surface area contributed by atoms with Crippen molar-refractivity contribution < 1.29 is 0 Å². The van der Waals surface area contributed by atoms with Crippen molar-refractivity contribution in [2.75, 3.05) is 0 Å². The summed E-state index contributed by atoms with van der Waals surface area (Å²) in [7, 11) is 0. The van der Waals surface area contributed by atoms with Crippen LogP contribution >= 0.6 is 23.1 Å². The van der Waals surface area contributed by atoms with Gasteiger partial charge in [-0.2, -0.15) is 0 Å². The minimum atomic E-state index is 0.616. The molecule has 18 heavy (non-hydrogen) atoms. The summed E-state index contributed by atoms with van der Waals surface area (Å²) in [6.45, 7) is 2.37. The van der Waals surface area contributed by atoms with Crippen LogP contribution < -0.4 is 5.32 Å². The highest BCUT2D eigenvalue weighted by molar-refractivity contribution is 8.01. The average Bonchev–Trinajstić information content (AvgIpc) is 2.66. The molecule has 0 bridgehead atoms. The highest BCUT2D eigenvalue weighted by Crippen LogP contribution is 2.44. The molecule has 1 aromatic heterocycles. The van der Waals surface area contributed by atoms with Crippen LogP contribution in [0.15, 0.2) is 15.7 Å². The van der Waals surface area contributed by atoms with Gasteiger partial charge < -0.3 is 5.32 Å². The number of rotatable bonds is 2. The summed E-state index contributed by atoms with van der Waals surface area (Å²) in [6.07, 6.45) is 9.80. The molecule has 3 rings (SSSR count). The van der Waals surface area contributed by atoms with E-state index in [1.807, 2.05) is 11.3 Å². The van der Waals surface area contributed by atoms with E-state index in [0.717, 1.165) is 11.3 Å². The van der Waals surface area contributed by atoms with E-state index in [1.54, 1.807) is 9.77 Å². The van der Waals surface area contributed by atoms with Crippen molar-refractivity contribution in [3.63, 3.8) is 0 Å². The zero-order chi connectivity index (χ0) is 12.4. The summed E-state index contributed by atoms with van der Waals surface area (Å²) in [5.74, 6) is 0. The molecule has 1 saturated carbocycles. The van der Waals surface area contributed by atoms with E-state index in [-0.39, 0.29) is 0 Å². The maximum Gasteiger partial charge on any atom is 0.0649 e. The molecule has 1 nitrogen and oxygen atoms in total. The molecular formula is C15H23NS2. The Kier molecular flexibility index (Phi) is 4.32. The van der Waals surface area contributed by atoms with E-state index in [4.69, 9.17) is 0 Å². The molecule has 2 heterocycles. The van der Waals surface area contributed by atoms with Gasteiger partial charge in [-0.3, -0.25) is 0 Å². The Hall–Kier alpha value is 0.01000. The molecule has 0 aromatic carbocycles. The molecule has 2 atom stereocenters. The van der Waals surface area contributed by atoms with Crippen molar-refractivity contribution >= 4 is 23.1 Å². The van der Waals surface area contributed by atoms with Gasteiger partial charge in [0.25, 0.3) is 0 Å². The lowest BCUT2D eigenvalue weighted by Gasteiger charge is -2.31. The van der Waals surface area contributed by atoms with Crippen molar-refractivity contribution in [2.45, 2.75) is 73.4 Å². The predicted molar refractivity (Wildman–Crippen MR) is 81.6 cm³/mol. The highest BCUT2D eigenvalue weighted by Gasteiger charge is 2.28. The average molecular weight is 281 g/mol. The molecule has 0 radical (unpaired) electrons. The van der Waals surface area contributed by atoms with E-state index in [0.29, 0.717) is 6.04 Å². The van der Waals surface area contributed by atoms with Crippen LogP contribution in [-0.2, 0) is 0 Å². The zero-order valence-electron chi connectivity index (χ0n) is 11.2. The first-order valence-corrected chi connectivity index (χ1v) is 9.09. The molecule has 0 spiro atoms. The van der Waals surface area contributed by atoms with Gasteiger partial charge in [-0.1, -0.05) is 32.6 Å². The van der Waals surface area contributed by atoms with Crippen LogP contribution in [0.2, 0.25) is 0 Å². The number of thioether (sulfide) groups is 1. The van der Waals surface area contributed by atoms with Crippen LogP contribution in [0.5, 0.6) is 0 Å². The van der Waals surface area contributed by atoms with Crippen LogP contribution in [0.25, 0.3) is 0 Å². The third kappa shape index (κ3) is 2.94. The van der Waals surface area contributed by atoms with E-state index in [9.17, 15) is 0 Å². The van der Waals surface area contributed by atoms with Gasteiger partial charge in [0.1, 0.15) is 0 Å². The van der Waals surface area contributed by atoms with Crippen molar-refractivity contribution in [2.24, 2.45) is 0 Å². The summed E-state index contributed by atoms with van der Waals surface area (Å²) in [5.41, 5.74) is 1.58. The quantitative estimate of drug-likeness (QED) is 0.767. The Morgan fingerprint density at radius 1 is 1.17 bits per heavy atom. The second-order valence-corrected chi connectivity index (χ2v) is 8.36. The van der Waals surface area contributed by atoms with Gasteiger partial charge >= 0.3 is 0 Å². The number of fused-ring (bicyclic) bond motifs is 1. The van der Waals surface area contributed by atoms with Crippen LogP contribution in [0.3, 0.4) is 0 Å². The largest absolute Gasteiger partial charge is 0.307 e. The molecule has 1 unspecified atom stereocenters. The van der Waals surface area contributed by atoms with E-state index in [1.165, 1.54) is 44.9 Å². The second-order valence-electron chi connectivity index (χ2n) is 5.74. The monoisotopic (exact) mass is 281 g/mol. The standard InChI is InChI=1S/C15H23NS2/c1-11-10-14(13-8-9-17-15(13)18-11)16-12-6-4-2-3-5-7-12/h8-9,11-12,14,16H,2-7,10H2,1H3/t11-,14?/m0/s1. The molecule has 100 valence electrons. The molecule has 1 aliphatic carbocycles. The third-order valence-corrected chi connectivity index (χ3v) is 6.55. The smallest absolute Gasteiger partial charge is 0.0649 e. The lowest BCUT2D eigenvalue weighted by molar-refractivity contribution is 0.380. The Balaban J connectivity index is 1.69. The molecule has 0 amide bonds. The molecular weight excluding hydrogens is 258 g/mol. The van der Waals surface area contributed by atoms with Gasteiger partial charge in [0.05, 0.1) is 4.21 Å². The molecule has 1 aliphatic heterocycles. The van der Waals surface area contributed by atoms with Crippen LogP contribution in [0.1, 0.15) is 63.5 Å². The van der Waals surface area contributed by atoms with Gasteiger partial charge in [-0.25, -0.2) is 0 Å². The van der Waals surface area contributed by atoms with Crippen LogP contribution in [-0.4, -0.2) is 11.3 Å². The third-order valence-electron chi connectivity index (χ3n) is 4.20. The van der Waals surface area contributed by atoms with Crippen LogP contribution in [0, 0.1) is 0 Å². The lowest BCUT2D eigenvalue weighted by atomic mass is 10.0. The fraction of sp³-hybridized carbons (Fsp3) is 0.733. The van der Waals surface area contributed by atoms with E-state index >= 15 is 0 Å². The Labute approximate surface area is 119 Å². The Morgan fingerprint density at radius 3 is 2.72 bits per heavy atom. The first-order valence-electron chi connectivity index (χ1n) is 7.33. The fourth-order valence-corrected chi connectivity index (χ4v) is 5.80. The summed E-state index contributed by atoms with van der Waals surface area (Å²) >= 11 is 3.99. The molecule has 1 N–H and O–H groups in total. The number of thiophene rings is 1. The minimum absolute atomic E-state index is 0.616. The van der Waals surface area contributed by atoms with Gasteiger partial charge in [0, 0.05) is 17.3 Å². The fourth-order valence-electron chi connectivity index (χ4n) is 3.24. The number of hydrogen-bond donors (Lipinski definition) is 1. The predicted octanol–water partition coefficient (Wildman–Crippen LogP) is 4.99. The van der Waals surface area contributed by atoms with E-state index < -0.39 is 0 Å². The van der Waals surface area contributed by atoms with Gasteiger partial charge in [0.15, 0.2) is 0 Å². The molecule has 1 fully saturated rings. The molecule has 3 heteroatoms. The number of nitrogens with one attached hydrogen (secondary N) is 1. The minimum Gasteiger partial charge on any atom is -0.307 e. The highest BCUT2D eigenvalue weighted by atomic mass is 32.2. The van der Waals surface area contributed by atoms with Crippen molar-refractivity contribution in [3.8, 4) is 0 Å². The second kappa shape index (κ2) is 5.98. The normalized spacial score (nSPS) is 29.8. The topological polar surface area (TPSA) is 12.0 Å². The van der Waals surface area contributed by atoms with Gasteiger partial charge in [-0.05, 0) is 36.3 Å². The van der Waals surface area contributed by atoms with Gasteiger partial charge in [-0.15, -0.1) is 23.1 Å². The van der Waals surface area contributed by atoms with Crippen molar-refractivity contribution in [1.82, 2.24) is 5.32 Å². The van der Waals surface area contributed by atoms with Gasteiger partial charge in [0.2, 0.25) is 0 Å². The molecule has 0 saturated heterocycles.